The normalized spacial score (nSPS) is 16.1. The third-order valence-corrected chi connectivity index (χ3v) is 2.69. The first-order valence-electron chi connectivity index (χ1n) is 5.91. The van der Waals surface area contributed by atoms with Gasteiger partial charge in [-0.05, 0) is 21.1 Å². The molecule has 0 saturated carbocycles. The van der Waals surface area contributed by atoms with E-state index in [0.717, 1.165) is 19.6 Å². The number of nitrogens with zero attached hydrogens (tertiary/aromatic N) is 3. The minimum atomic E-state index is -0.734. The summed E-state index contributed by atoms with van der Waals surface area (Å²) in [6, 6.07) is 0. The highest BCUT2D eigenvalue weighted by Gasteiger charge is 2.36. The molecule has 6 nitrogen and oxygen atoms in total. The van der Waals surface area contributed by atoms with Gasteiger partial charge in [0.25, 0.3) is 0 Å². The van der Waals surface area contributed by atoms with E-state index in [2.05, 4.69) is 36.5 Å². The molecule has 16 heavy (non-hydrogen) atoms. The van der Waals surface area contributed by atoms with Crippen LogP contribution in [0.2, 0.25) is 0 Å². The summed E-state index contributed by atoms with van der Waals surface area (Å²) in [5, 5.41) is 7.24. The Morgan fingerprint density at radius 3 is 1.88 bits per heavy atom. The summed E-state index contributed by atoms with van der Waals surface area (Å²) in [5.74, 6) is -0.734. The van der Waals surface area contributed by atoms with Crippen LogP contribution in [0.1, 0.15) is 20.8 Å². The summed E-state index contributed by atoms with van der Waals surface area (Å²) in [4.78, 5) is 1.94. The van der Waals surface area contributed by atoms with E-state index in [9.17, 15) is 0 Å². The lowest BCUT2D eigenvalue weighted by molar-refractivity contribution is -0.206. The van der Waals surface area contributed by atoms with Gasteiger partial charge >= 0.3 is 0 Å². The van der Waals surface area contributed by atoms with Gasteiger partial charge in [-0.3, -0.25) is 16.0 Å². The van der Waals surface area contributed by atoms with Crippen molar-refractivity contribution in [1.82, 2.24) is 25.8 Å². The number of nitrogens with two attached hydrogens (primary N) is 1. The highest BCUT2D eigenvalue weighted by Crippen LogP contribution is 2.08. The summed E-state index contributed by atoms with van der Waals surface area (Å²) >= 11 is 0. The van der Waals surface area contributed by atoms with Crippen molar-refractivity contribution in [3.8, 4) is 0 Å². The van der Waals surface area contributed by atoms with Crippen molar-refractivity contribution in [1.29, 1.82) is 0 Å². The van der Waals surface area contributed by atoms with Crippen molar-refractivity contribution in [2.75, 3.05) is 40.8 Å². The lowest BCUT2D eigenvalue weighted by atomic mass is 10.5. The molecule has 0 aliphatic heterocycles. The van der Waals surface area contributed by atoms with Crippen LogP contribution in [0.4, 0.5) is 0 Å². The standard InChI is InChI=1S/C10H28N6/c1-7-13-16(15(8-2)9-3)10(11,12-4)14(5)6/h12-13H,7-9,11H2,1-6H3. The van der Waals surface area contributed by atoms with E-state index in [0.29, 0.717) is 0 Å². The predicted octanol–water partition coefficient (Wildman–Crippen LogP) is -0.579. The second-order valence-electron chi connectivity index (χ2n) is 3.83. The van der Waals surface area contributed by atoms with Gasteiger partial charge in [-0.2, -0.15) is 0 Å². The van der Waals surface area contributed by atoms with Gasteiger partial charge in [-0.1, -0.05) is 20.8 Å². The Morgan fingerprint density at radius 2 is 1.62 bits per heavy atom. The van der Waals surface area contributed by atoms with E-state index in [1.54, 1.807) is 0 Å². The molecule has 0 aromatic carbocycles. The summed E-state index contributed by atoms with van der Waals surface area (Å²) in [6.45, 7) is 8.91. The molecule has 98 valence electrons. The highest BCUT2D eigenvalue weighted by atomic mass is 15.9. The monoisotopic (exact) mass is 232 g/mol. The molecule has 0 aliphatic carbocycles. The van der Waals surface area contributed by atoms with Gasteiger partial charge in [0.2, 0.25) is 5.91 Å². The minimum absolute atomic E-state index is 0.734. The molecule has 0 spiro atoms. The number of hydrogen-bond acceptors (Lipinski definition) is 6. The van der Waals surface area contributed by atoms with Crippen molar-refractivity contribution >= 4 is 0 Å². The van der Waals surface area contributed by atoms with Crippen LogP contribution >= 0.6 is 0 Å². The summed E-state index contributed by atoms with van der Waals surface area (Å²) in [5.41, 5.74) is 9.65. The van der Waals surface area contributed by atoms with Crippen molar-refractivity contribution in [3.63, 3.8) is 0 Å². The number of nitrogens with one attached hydrogen (secondary N) is 2. The predicted molar refractivity (Wildman–Crippen MR) is 68.1 cm³/mol. The number of hydrogen-bond donors (Lipinski definition) is 3. The highest BCUT2D eigenvalue weighted by molar-refractivity contribution is 4.74. The molecule has 0 bridgehead atoms. The molecule has 0 amide bonds. The van der Waals surface area contributed by atoms with Crippen LogP contribution in [0.3, 0.4) is 0 Å². The molecule has 0 aromatic rings. The smallest absolute Gasteiger partial charge is 0.209 e. The molecule has 1 unspecified atom stereocenters. The van der Waals surface area contributed by atoms with E-state index in [4.69, 9.17) is 5.73 Å². The van der Waals surface area contributed by atoms with Crippen molar-refractivity contribution < 1.29 is 0 Å². The third-order valence-electron chi connectivity index (χ3n) is 2.69. The van der Waals surface area contributed by atoms with E-state index >= 15 is 0 Å². The first kappa shape index (κ1) is 15.8. The number of hydrazine groups is 2. The topological polar surface area (TPSA) is 59.8 Å². The number of rotatable bonds is 8. The molecule has 0 heterocycles. The van der Waals surface area contributed by atoms with E-state index in [-0.39, 0.29) is 0 Å². The zero-order valence-electron chi connectivity index (χ0n) is 11.5. The Hall–Kier alpha value is -0.240. The molecule has 4 N–H and O–H groups in total. The lowest BCUT2D eigenvalue weighted by Crippen LogP contribution is -2.78. The van der Waals surface area contributed by atoms with E-state index in [1.807, 2.05) is 31.2 Å². The Labute approximate surface area is 99.7 Å². The van der Waals surface area contributed by atoms with Crippen LogP contribution in [0.15, 0.2) is 0 Å². The average Bonchev–Trinajstić information content (AvgIpc) is 2.28. The average molecular weight is 232 g/mol. The fourth-order valence-electron chi connectivity index (χ4n) is 1.61. The van der Waals surface area contributed by atoms with Gasteiger partial charge in [0.1, 0.15) is 0 Å². The van der Waals surface area contributed by atoms with Gasteiger partial charge in [-0.15, -0.1) is 5.12 Å². The van der Waals surface area contributed by atoms with Gasteiger partial charge in [0.15, 0.2) is 0 Å². The zero-order valence-corrected chi connectivity index (χ0v) is 11.5. The van der Waals surface area contributed by atoms with Gasteiger partial charge in [-0.25, -0.2) is 10.4 Å². The SMILES string of the molecule is CCNN(N(CC)CC)C(N)(NC)N(C)C. The summed E-state index contributed by atoms with van der Waals surface area (Å²) < 4.78 is 0. The maximum Gasteiger partial charge on any atom is 0.209 e. The fourth-order valence-corrected chi connectivity index (χ4v) is 1.61. The van der Waals surface area contributed by atoms with Crippen LogP contribution in [0.25, 0.3) is 0 Å². The zero-order chi connectivity index (χ0) is 12.8. The van der Waals surface area contributed by atoms with Crippen molar-refractivity contribution in [2.24, 2.45) is 5.73 Å². The van der Waals surface area contributed by atoms with E-state index in [1.165, 1.54) is 0 Å². The maximum atomic E-state index is 6.36. The van der Waals surface area contributed by atoms with Crippen LogP contribution in [0.5, 0.6) is 0 Å². The Kier molecular flexibility index (Phi) is 7.05. The molecule has 0 rings (SSSR count). The van der Waals surface area contributed by atoms with Crippen LogP contribution in [-0.4, -0.2) is 61.7 Å². The molecule has 0 aliphatic rings. The molecule has 1 atom stereocenters. The Bertz CT molecular complexity index is 182. The van der Waals surface area contributed by atoms with Gasteiger partial charge in [0.05, 0.1) is 0 Å². The first-order chi connectivity index (χ1) is 7.47. The molecule has 0 aromatic heterocycles. The summed E-state index contributed by atoms with van der Waals surface area (Å²) in [6.07, 6.45) is 0. The molecule has 6 heteroatoms. The molecule has 0 fully saturated rings. The largest absolute Gasteiger partial charge is 0.285 e. The van der Waals surface area contributed by atoms with Crippen molar-refractivity contribution in [3.05, 3.63) is 0 Å². The van der Waals surface area contributed by atoms with E-state index < -0.39 is 5.91 Å². The summed E-state index contributed by atoms with van der Waals surface area (Å²) in [7, 11) is 5.75. The van der Waals surface area contributed by atoms with Gasteiger partial charge < -0.3 is 0 Å². The fraction of sp³-hybridized carbons (Fsp3) is 1.00. The lowest BCUT2D eigenvalue weighted by Gasteiger charge is -2.48. The van der Waals surface area contributed by atoms with Crippen molar-refractivity contribution in [2.45, 2.75) is 26.7 Å². The molecular formula is C10H28N6. The Morgan fingerprint density at radius 1 is 1.12 bits per heavy atom. The van der Waals surface area contributed by atoms with Crippen LogP contribution < -0.4 is 16.5 Å². The molecule has 0 radical (unpaired) electrons. The van der Waals surface area contributed by atoms with Gasteiger partial charge in [0, 0.05) is 19.6 Å². The second kappa shape index (κ2) is 7.16. The molecular weight excluding hydrogens is 204 g/mol. The minimum Gasteiger partial charge on any atom is -0.285 e. The third kappa shape index (κ3) is 3.38. The second-order valence-corrected chi connectivity index (χ2v) is 3.83. The van der Waals surface area contributed by atoms with Crippen LogP contribution in [0, 0.1) is 0 Å². The maximum absolute atomic E-state index is 6.36. The molecule has 0 saturated heterocycles. The Balaban J connectivity index is 4.98. The van der Waals surface area contributed by atoms with Crippen LogP contribution in [-0.2, 0) is 0 Å². The quantitative estimate of drug-likeness (QED) is 0.384. The first-order valence-corrected chi connectivity index (χ1v) is 5.91.